The highest BCUT2D eigenvalue weighted by Gasteiger charge is 2.09. The first-order chi connectivity index (χ1) is 5.20. The Labute approximate surface area is 66.0 Å². The summed E-state index contributed by atoms with van der Waals surface area (Å²) in [4.78, 5) is 3.93. The maximum atomic E-state index is 4.62. The molecular formula is C7H13N3O. The Morgan fingerprint density at radius 2 is 2.18 bits per heavy atom. The van der Waals surface area contributed by atoms with Crippen molar-refractivity contribution in [2.75, 3.05) is 0 Å². The molecule has 0 fully saturated rings. The maximum absolute atomic E-state index is 4.62. The van der Waals surface area contributed by atoms with Gasteiger partial charge in [0.15, 0.2) is 5.82 Å². The van der Waals surface area contributed by atoms with Crippen LogP contribution >= 0.6 is 0 Å². The minimum absolute atomic E-state index is 0.161. The summed E-state index contributed by atoms with van der Waals surface area (Å²) in [6, 6.07) is 0.595. The number of nitrogens with zero attached hydrogens (tertiary/aromatic N) is 2. The van der Waals surface area contributed by atoms with Gasteiger partial charge in [-0.25, -0.2) is 0 Å². The molecule has 0 amide bonds. The van der Waals surface area contributed by atoms with Crippen molar-refractivity contribution >= 4 is 0 Å². The quantitative estimate of drug-likeness (QED) is 0.710. The van der Waals surface area contributed by atoms with Crippen molar-refractivity contribution in [1.82, 2.24) is 15.5 Å². The lowest BCUT2D eigenvalue weighted by atomic mass is 10.3. The molecule has 0 aromatic carbocycles. The van der Waals surface area contributed by atoms with Crippen molar-refractivity contribution in [3.8, 4) is 0 Å². The molecule has 1 heterocycles. The maximum Gasteiger partial charge on any atom is 0.213 e. The molecule has 1 unspecified atom stereocenters. The van der Waals surface area contributed by atoms with Crippen LogP contribution in [0.15, 0.2) is 10.9 Å². The molecule has 4 nitrogen and oxygen atoms in total. The van der Waals surface area contributed by atoms with Gasteiger partial charge in [-0.2, -0.15) is 4.98 Å². The molecule has 0 aliphatic rings. The normalized spacial score (nSPS) is 13.8. The highest BCUT2D eigenvalue weighted by molar-refractivity contribution is 4.87. The molecule has 11 heavy (non-hydrogen) atoms. The zero-order valence-corrected chi connectivity index (χ0v) is 7.03. The van der Waals surface area contributed by atoms with Gasteiger partial charge in [0.1, 0.15) is 0 Å². The molecule has 0 bridgehead atoms. The third-order valence-corrected chi connectivity index (χ3v) is 1.35. The monoisotopic (exact) mass is 155 g/mol. The van der Waals surface area contributed by atoms with Crippen molar-refractivity contribution < 1.29 is 4.52 Å². The zero-order valence-electron chi connectivity index (χ0n) is 7.03. The Hall–Kier alpha value is -0.900. The summed E-state index contributed by atoms with van der Waals surface area (Å²) in [6.45, 7) is 6.16. The van der Waals surface area contributed by atoms with Gasteiger partial charge in [-0.15, -0.1) is 0 Å². The van der Waals surface area contributed by atoms with Crippen molar-refractivity contribution in [2.45, 2.75) is 32.9 Å². The van der Waals surface area contributed by atoms with Gasteiger partial charge in [-0.3, -0.25) is 0 Å². The Morgan fingerprint density at radius 1 is 1.45 bits per heavy atom. The molecule has 0 radical (unpaired) electrons. The summed E-state index contributed by atoms with van der Waals surface area (Å²) in [7, 11) is 0. The minimum Gasteiger partial charge on any atom is -0.343 e. The average Bonchev–Trinajstić information content (AvgIpc) is 2.35. The van der Waals surface area contributed by atoms with Gasteiger partial charge in [0.05, 0.1) is 6.04 Å². The minimum atomic E-state index is 0.161. The molecule has 0 aliphatic heterocycles. The van der Waals surface area contributed by atoms with Crippen LogP contribution in [0.25, 0.3) is 0 Å². The van der Waals surface area contributed by atoms with Crippen LogP contribution in [0.2, 0.25) is 0 Å². The van der Waals surface area contributed by atoms with E-state index in [1.54, 1.807) is 0 Å². The Kier molecular flexibility index (Phi) is 2.59. The molecule has 4 heteroatoms. The third-order valence-electron chi connectivity index (χ3n) is 1.35. The van der Waals surface area contributed by atoms with E-state index in [9.17, 15) is 0 Å². The predicted molar refractivity (Wildman–Crippen MR) is 41.0 cm³/mol. The summed E-state index contributed by atoms with van der Waals surface area (Å²) in [6.07, 6.45) is 1.34. The standard InChI is InChI=1S/C7H13N3O/c1-5(2)9-6(3)7-8-4-11-10-7/h4-6,9H,1-3H3. The summed E-state index contributed by atoms with van der Waals surface area (Å²) in [5, 5.41) is 6.98. The van der Waals surface area contributed by atoms with Gasteiger partial charge in [-0.05, 0) is 6.92 Å². The van der Waals surface area contributed by atoms with Gasteiger partial charge in [-0.1, -0.05) is 19.0 Å². The molecular weight excluding hydrogens is 142 g/mol. The zero-order chi connectivity index (χ0) is 8.27. The smallest absolute Gasteiger partial charge is 0.213 e. The summed E-state index contributed by atoms with van der Waals surface area (Å²) < 4.78 is 4.62. The van der Waals surface area contributed by atoms with Crippen LogP contribution in [0.4, 0.5) is 0 Å². The van der Waals surface area contributed by atoms with E-state index in [1.807, 2.05) is 6.92 Å². The van der Waals surface area contributed by atoms with E-state index < -0.39 is 0 Å². The van der Waals surface area contributed by atoms with Crippen molar-refractivity contribution in [2.24, 2.45) is 0 Å². The Bertz CT molecular complexity index is 195. The van der Waals surface area contributed by atoms with E-state index in [0.29, 0.717) is 11.9 Å². The molecule has 62 valence electrons. The summed E-state index contributed by atoms with van der Waals surface area (Å²) in [5.74, 6) is 0.707. The predicted octanol–water partition coefficient (Wildman–Crippen LogP) is 1.13. The second kappa shape index (κ2) is 3.48. The fourth-order valence-corrected chi connectivity index (χ4v) is 0.944. The van der Waals surface area contributed by atoms with Crippen LogP contribution in [0.1, 0.15) is 32.6 Å². The van der Waals surface area contributed by atoms with Crippen LogP contribution in [0, 0.1) is 0 Å². The van der Waals surface area contributed by atoms with Crippen LogP contribution in [-0.4, -0.2) is 16.2 Å². The molecule has 1 N–H and O–H groups in total. The van der Waals surface area contributed by atoms with E-state index in [2.05, 4.69) is 33.8 Å². The number of nitrogens with one attached hydrogen (secondary N) is 1. The van der Waals surface area contributed by atoms with E-state index in [0.717, 1.165) is 0 Å². The lowest BCUT2D eigenvalue weighted by Crippen LogP contribution is -2.26. The Balaban J connectivity index is 2.49. The molecule has 0 aliphatic carbocycles. The first-order valence-corrected chi connectivity index (χ1v) is 3.72. The van der Waals surface area contributed by atoms with E-state index >= 15 is 0 Å². The van der Waals surface area contributed by atoms with Gasteiger partial charge in [0.2, 0.25) is 6.39 Å². The molecule has 0 saturated carbocycles. The Morgan fingerprint density at radius 3 is 2.64 bits per heavy atom. The van der Waals surface area contributed by atoms with Crippen LogP contribution in [-0.2, 0) is 0 Å². The third kappa shape index (κ3) is 2.31. The number of aromatic nitrogens is 2. The molecule has 1 aromatic rings. The second-order valence-corrected chi connectivity index (χ2v) is 2.83. The van der Waals surface area contributed by atoms with Crippen molar-refractivity contribution in [3.05, 3.63) is 12.2 Å². The van der Waals surface area contributed by atoms with Gasteiger partial charge >= 0.3 is 0 Å². The van der Waals surface area contributed by atoms with Crippen LogP contribution in [0.5, 0.6) is 0 Å². The fourth-order valence-electron chi connectivity index (χ4n) is 0.944. The van der Waals surface area contributed by atoms with Crippen molar-refractivity contribution in [1.29, 1.82) is 0 Å². The lowest BCUT2D eigenvalue weighted by molar-refractivity contribution is 0.393. The summed E-state index contributed by atoms with van der Waals surface area (Å²) >= 11 is 0. The molecule has 0 saturated heterocycles. The number of hydrogen-bond acceptors (Lipinski definition) is 4. The highest BCUT2D eigenvalue weighted by Crippen LogP contribution is 2.05. The topological polar surface area (TPSA) is 51.0 Å². The summed E-state index contributed by atoms with van der Waals surface area (Å²) in [5.41, 5.74) is 0. The molecule has 1 aromatic heterocycles. The molecule has 0 spiro atoms. The lowest BCUT2D eigenvalue weighted by Gasteiger charge is -2.12. The van der Waals surface area contributed by atoms with Crippen molar-refractivity contribution in [3.63, 3.8) is 0 Å². The molecule has 1 rings (SSSR count). The molecule has 1 atom stereocenters. The van der Waals surface area contributed by atoms with Gasteiger partial charge in [0.25, 0.3) is 0 Å². The van der Waals surface area contributed by atoms with Gasteiger partial charge in [0, 0.05) is 6.04 Å². The van der Waals surface area contributed by atoms with Crippen LogP contribution < -0.4 is 5.32 Å². The first kappa shape index (κ1) is 8.20. The SMILES string of the molecule is CC(C)NC(C)c1ncon1. The largest absolute Gasteiger partial charge is 0.343 e. The highest BCUT2D eigenvalue weighted by atomic mass is 16.5. The first-order valence-electron chi connectivity index (χ1n) is 3.72. The second-order valence-electron chi connectivity index (χ2n) is 2.83. The van der Waals surface area contributed by atoms with E-state index in [-0.39, 0.29) is 6.04 Å². The van der Waals surface area contributed by atoms with Gasteiger partial charge < -0.3 is 9.84 Å². The average molecular weight is 155 g/mol. The number of hydrogen-bond donors (Lipinski definition) is 1. The number of rotatable bonds is 3. The fraction of sp³-hybridized carbons (Fsp3) is 0.714. The van der Waals surface area contributed by atoms with E-state index in [4.69, 9.17) is 0 Å². The van der Waals surface area contributed by atoms with Crippen LogP contribution in [0.3, 0.4) is 0 Å². The van der Waals surface area contributed by atoms with E-state index in [1.165, 1.54) is 6.39 Å².